The standard InChI is InChI=1S/C35H26N6O11S3/c1-18-13-27(28(48-2)17-26(18)39-38-20-14-23-21(29(15-20)53-51-49-43)9-6-10-31(23)55(45,46)47)40-41-33-30(54-52-50-44)16-24-22(34(33)42)11-12-25-32(24)37-35(36-25)19-7-4-3-5-8-19/h3-17,42-44H,1-2H3,(H,36,37)(H,45,46,47). The summed E-state index contributed by atoms with van der Waals surface area (Å²) in [6.07, 6.45) is 0. The lowest BCUT2D eigenvalue weighted by molar-refractivity contribution is -0.432. The molecule has 0 radical (unpaired) electrons. The van der Waals surface area contributed by atoms with Gasteiger partial charge in [0.2, 0.25) is 0 Å². The van der Waals surface area contributed by atoms with Crippen molar-refractivity contribution in [2.45, 2.75) is 21.6 Å². The highest BCUT2D eigenvalue weighted by molar-refractivity contribution is 7.95. The summed E-state index contributed by atoms with van der Waals surface area (Å²) in [6.45, 7) is 1.73. The van der Waals surface area contributed by atoms with Gasteiger partial charge in [-0.3, -0.25) is 4.55 Å². The molecule has 5 N–H and O–H groups in total. The highest BCUT2D eigenvalue weighted by Crippen LogP contribution is 2.47. The molecule has 0 saturated carbocycles. The van der Waals surface area contributed by atoms with Gasteiger partial charge in [-0.05, 0) is 60.3 Å². The van der Waals surface area contributed by atoms with Crippen LogP contribution in [0.5, 0.6) is 11.5 Å². The summed E-state index contributed by atoms with van der Waals surface area (Å²) in [4.78, 5) is 8.19. The second kappa shape index (κ2) is 16.1. The van der Waals surface area contributed by atoms with E-state index >= 15 is 0 Å². The maximum atomic E-state index is 12.1. The Balaban J connectivity index is 1.25. The number of phenolic OH excluding ortho intramolecular Hbond substituents is 1. The van der Waals surface area contributed by atoms with E-state index in [0.717, 1.165) is 5.56 Å². The summed E-state index contributed by atoms with van der Waals surface area (Å²) in [5.41, 5.74) is 3.54. The Bertz CT molecular complexity index is 2750. The van der Waals surface area contributed by atoms with Crippen LogP contribution in [-0.4, -0.2) is 45.7 Å². The summed E-state index contributed by atoms with van der Waals surface area (Å²) in [5, 5.41) is 55.5. The quantitative estimate of drug-likeness (QED) is 0.0240. The molecule has 7 aromatic rings. The minimum atomic E-state index is -4.62. The molecule has 1 heterocycles. The predicted molar refractivity (Wildman–Crippen MR) is 202 cm³/mol. The van der Waals surface area contributed by atoms with Crippen LogP contribution in [0.2, 0.25) is 0 Å². The summed E-state index contributed by atoms with van der Waals surface area (Å²) in [7, 11) is -3.20. The molecule has 0 aliphatic carbocycles. The van der Waals surface area contributed by atoms with Crippen LogP contribution in [0.1, 0.15) is 5.56 Å². The first-order chi connectivity index (χ1) is 26.6. The fourth-order valence-electron chi connectivity index (χ4n) is 5.78. The minimum absolute atomic E-state index is 0.00462. The van der Waals surface area contributed by atoms with Gasteiger partial charge in [-0.1, -0.05) is 52.5 Å². The Morgan fingerprint density at radius 2 is 1.49 bits per heavy atom. The number of H-pyrrole nitrogens is 1. The van der Waals surface area contributed by atoms with Crippen LogP contribution in [0.25, 0.3) is 44.0 Å². The maximum absolute atomic E-state index is 12.1. The second-order valence-corrected chi connectivity index (χ2v) is 14.4. The first-order valence-electron chi connectivity index (χ1n) is 15.7. The number of azo groups is 2. The van der Waals surface area contributed by atoms with E-state index in [4.69, 9.17) is 24.6 Å². The monoisotopic (exact) mass is 802 g/mol. The zero-order valence-corrected chi connectivity index (χ0v) is 30.7. The number of nitrogens with zero attached hydrogens (tertiary/aromatic N) is 5. The Kier molecular flexibility index (Phi) is 11.0. The number of hydrogen-bond acceptors (Lipinski definition) is 17. The lowest BCUT2D eigenvalue weighted by Gasteiger charge is -2.11. The van der Waals surface area contributed by atoms with Crippen molar-refractivity contribution in [3.63, 3.8) is 0 Å². The molecule has 0 atom stereocenters. The predicted octanol–water partition coefficient (Wildman–Crippen LogP) is 10.5. The van der Waals surface area contributed by atoms with Crippen LogP contribution in [0.15, 0.2) is 126 Å². The largest absolute Gasteiger partial charge is 0.505 e. The van der Waals surface area contributed by atoms with E-state index in [9.17, 15) is 18.1 Å². The van der Waals surface area contributed by atoms with Crippen molar-refractivity contribution in [2.75, 3.05) is 7.11 Å². The molecule has 0 aliphatic rings. The molecule has 0 amide bonds. The van der Waals surface area contributed by atoms with Gasteiger partial charge in [-0.2, -0.15) is 18.6 Å². The number of hydrogen-bond donors (Lipinski definition) is 5. The third-order valence-electron chi connectivity index (χ3n) is 8.25. The normalized spacial score (nSPS) is 12.2. The molecule has 17 nitrogen and oxygen atoms in total. The van der Waals surface area contributed by atoms with E-state index in [1.54, 1.807) is 43.3 Å². The van der Waals surface area contributed by atoms with Crippen LogP contribution in [-0.2, 0) is 28.9 Å². The zero-order chi connectivity index (χ0) is 38.7. The van der Waals surface area contributed by atoms with Gasteiger partial charge in [-0.15, -0.1) is 18.9 Å². The lowest BCUT2D eigenvalue weighted by atomic mass is 10.1. The van der Waals surface area contributed by atoms with Gasteiger partial charge in [0.25, 0.3) is 10.1 Å². The van der Waals surface area contributed by atoms with E-state index in [-0.39, 0.29) is 43.7 Å². The molecule has 55 heavy (non-hydrogen) atoms. The van der Waals surface area contributed by atoms with Crippen LogP contribution in [0, 0.1) is 6.92 Å². The molecule has 0 spiro atoms. The number of rotatable bonds is 13. The van der Waals surface area contributed by atoms with Crippen molar-refractivity contribution < 1.29 is 52.1 Å². The Hall–Kier alpha value is -5.52. The average molecular weight is 803 g/mol. The van der Waals surface area contributed by atoms with Gasteiger partial charge in [0.1, 0.15) is 27.8 Å². The van der Waals surface area contributed by atoms with Gasteiger partial charge in [-0.25, -0.2) is 15.5 Å². The average Bonchev–Trinajstić information content (AvgIpc) is 3.63. The Labute approximate surface area is 319 Å². The van der Waals surface area contributed by atoms with Gasteiger partial charge < -0.3 is 14.8 Å². The van der Waals surface area contributed by atoms with Crippen molar-refractivity contribution in [3.8, 4) is 22.9 Å². The molecule has 0 unspecified atom stereocenters. The molecule has 0 bridgehead atoms. The third kappa shape index (κ3) is 7.85. The highest BCUT2D eigenvalue weighted by atomic mass is 32.2. The van der Waals surface area contributed by atoms with Crippen molar-refractivity contribution in [2.24, 2.45) is 20.5 Å². The Morgan fingerprint density at radius 3 is 2.22 bits per heavy atom. The van der Waals surface area contributed by atoms with E-state index < -0.39 is 10.1 Å². The number of phenols is 1. The fourth-order valence-corrected chi connectivity index (χ4v) is 7.51. The Morgan fingerprint density at radius 1 is 0.745 bits per heavy atom. The maximum Gasteiger partial charge on any atom is 0.295 e. The number of benzene rings is 6. The zero-order valence-electron chi connectivity index (χ0n) is 28.3. The van der Waals surface area contributed by atoms with Gasteiger partial charge in [0.15, 0.2) is 5.75 Å². The van der Waals surface area contributed by atoms with Crippen LogP contribution < -0.4 is 4.74 Å². The number of aromatic amines is 1. The number of aromatic hydroxyl groups is 1. The van der Waals surface area contributed by atoms with E-state index in [2.05, 4.69) is 39.9 Å². The summed E-state index contributed by atoms with van der Waals surface area (Å²) >= 11 is 1.18. The smallest absolute Gasteiger partial charge is 0.295 e. The molecule has 0 aliphatic heterocycles. The number of nitrogens with one attached hydrogen (secondary N) is 1. The second-order valence-electron chi connectivity index (χ2n) is 11.5. The number of ether oxygens (including phenoxy) is 1. The molecule has 6 aromatic carbocycles. The minimum Gasteiger partial charge on any atom is -0.505 e. The summed E-state index contributed by atoms with van der Waals surface area (Å²) in [6, 6.07) is 25.1. The molecular weight excluding hydrogens is 777 g/mol. The van der Waals surface area contributed by atoms with Gasteiger partial charge in [0, 0.05) is 32.7 Å². The van der Waals surface area contributed by atoms with E-state index in [0.29, 0.717) is 73.2 Å². The summed E-state index contributed by atoms with van der Waals surface area (Å²) in [5.74, 6) is 0.637. The third-order valence-corrected chi connectivity index (χ3v) is 10.4. The molecular formula is C35H26N6O11S3. The number of methoxy groups -OCH3 is 1. The van der Waals surface area contributed by atoms with E-state index in [1.807, 2.05) is 30.3 Å². The van der Waals surface area contributed by atoms with E-state index in [1.165, 1.54) is 31.4 Å². The number of aryl methyl sites for hydroxylation is 1. The number of imidazole rings is 1. The number of fused-ring (bicyclic) bond motifs is 4. The topological polar surface area (TPSA) is 239 Å². The van der Waals surface area contributed by atoms with Gasteiger partial charge in [0.05, 0.1) is 58.5 Å². The number of aromatic nitrogens is 2. The highest BCUT2D eigenvalue weighted by Gasteiger charge is 2.20. The fraction of sp³-hybridized carbons (Fsp3) is 0.0571. The van der Waals surface area contributed by atoms with Crippen molar-refractivity contribution in [1.82, 2.24) is 9.97 Å². The van der Waals surface area contributed by atoms with Crippen molar-refractivity contribution in [1.29, 1.82) is 0 Å². The van der Waals surface area contributed by atoms with Crippen LogP contribution in [0.4, 0.5) is 22.7 Å². The van der Waals surface area contributed by atoms with Crippen LogP contribution in [0.3, 0.4) is 0 Å². The first kappa shape index (κ1) is 37.8. The lowest BCUT2D eigenvalue weighted by Crippen LogP contribution is -1.99. The first-order valence-corrected chi connectivity index (χ1v) is 18.6. The molecule has 0 fully saturated rings. The molecule has 0 saturated heterocycles. The van der Waals surface area contributed by atoms with Crippen molar-refractivity contribution in [3.05, 3.63) is 96.6 Å². The molecule has 280 valence electrons. The molecule has 7 rings (SSSR count). The van der Waals surface area contributed by atoms with Crippen molar-refractivity contribution >= 4 is 89.5 Å². The SMILES string of the molecule is COc1cc(N=Nc2cc(SOOO)c3cccc(S(=O)(=O)O)c3c2)c(C)cc1N=Nc1c(SOOO)cc2c(ccc3nc(-c4ccccc4)[nH]c32)c1O. The molecule has 1 aromatic heterocycles. The molecule has 20 heteroatoms. The van der Waals surface area contributed by atoms with Gasteiger partial charge >= 0.3 is 0 Å². The van der Waals surface area contributed by atoms with Crippen LogP contribution >= 0.6 is 24.1 Å². The summed E-state index contributed by atoms with van der Waals surface area (Å²) < 4.78 is 49.0.